The summed E-state index contributed by atoms with van der Waals surface area (Å²) >= 11 is 0. The molecule has 0 aliphatic rings. The predicted octanol–water partition coefficient (Wildman–Crippen LogP) is 4.51. The first kappa shape index (κ1) is 21.3. The third-order valence-electron chi connectivity index (χ3n) is 4.32. The molecular formula is C16H19F6NO2. The molecule has 3 unspecified atom stereocenters. The number of hydrogen-bond donors (Lipinski definition) is 2. The quantitative estimate of drug-likeness (QED) is 0.723. The summed E-state index contributed by atoms with van der Waals surface area (Å²) in [6.45, 7) is 2.64. The molecule has 0 bridgehead atoms. The van der Waals surface area contributed by atoms with Crippen molar-refractivity contribution in [1.29, 1.82) is 0 Å². The third-order valence-corrected chi connectivity index (χ3v) is 4.32. The number of carboxylic acids is 1. The highest BCUT2D eigenvalue weighted by molar-refractivity contribution is 5.70. The van der Waals surface area contributed by atoms with Gasteiger partial charge in [0.15, 0.2) is 0 Å². The van der Waals surface area contributed by atoms with Gasteiger partial charge in [0.2, 0.25) is 0 Å². The predicted molar refractivity (Wildman–Crippen MR) is 78.8 cm³/mol. The summed E-state index contributed by atoms with van der Waals surface area (Å²) in [5.41, 5.74) is 2.50. The lowest BCUT2D eigenvalue weighted by Crippen LogP contribution is -2.27. The van der Waals surface area contributed by atoms with Crippen LogP contribution >= 0.6 is 0 Å². The van der Waals surface area contributed by atoms with Crippen molar-refractivity contribution in [1.82, 2.24) is 0 Å². The number of rotatable bonds is 6. The van der Waals surface area contributed by atoms with Gasteiger partial charge in [0, 0.05) is 6.54 Å². The van der Waals surface area contributed by atoms with Crippen LogP contribution in [-0.2, 0) is 17.1 Å². The molecule has 9 heteroatoms. The fourth-order valence-electron chi connectivity index (χ4n) is 2.63. The average molecular weight is 371 g/mol. The van der Waals surface area contributed by atoms with Gasteiger partial charge in [0.25, 0.3) is 0 Å². The Balaban J connectivity index is 3.29. The fraction of sp³-hybridized carbons (Fsp3) is 0.562. The molecule has 1 rings (SSSR count). The zero-order valence-electron chi connectivity index (χ0n) is 13.6. The van der Waals surface area contributed by atoms with Crippen LogP contribution in [0.1, 0.15) is 42.9 Å². The minimum absolute atomic E-state index is 0.0411. The maximum Gasteiger partial charge on any atom is 0.416 e. The van der Waals surface area contributed by atoms with Gasteiger partial charge in [-0.3, -0.25) is 4.79 Å². The topological polar surface area (TPSA) is 63.3 Å². The van der Waals surface area contributed by atoms with Crippen LogP contribution < -0.4 is 5.73 Å². The summed E-state index contributed by atoms with van der Waals surface area (Å²) in [5, 5.41) is 9.00. The Kier molecular flexibility index (Phi) is 6.50. The van der Waals surface area contributed by atoms with Gasteiger partial charge in [0.1, 0.15) is 0 Å². The summed E-state index contributed by atoms with van der Waals surface area (Å²) in [4.78, 5) is 11.0. The number of benzene rings is 1. The molecule has 0 saturated heterocycles. The number of hydrogen-bond acceptors (Lipinski definition) is 2. The minimum atomic E-state index is -4.81. The second-order valence-corrected chi connectivity index (χ2v) is 6.07. The Morgan fingerprint density at radius 1 is 1.12 bits per heavy atom. The van der Waals surface area contributed by atoms with Crippen LogP contribution in [0.3, 0.4) is 0 Å². The summed E-state index contributed by atoms with van der Waals surface area (Å²) in [5.74, 6) is -3.72. The van der Waals surface area contributed by atoms with Crippen molar-refractivity contribution < 1.29 is 36.2 Å². The Bertz CT molecular complexity index is 612. The van der Waals surface area contributed by atoms with Crippen LogP contribution in [0.15, 0.2) is 18.2 Å². The van der Waals surface area contributed by atoms with E-state index in [2.05, 4.69) is 0 Å². The first-order valence-corrected chi connectivity index (χ1v) is 7.50. The highest BCUT2D eigenvalue weighted by Gasteiger charge is 2.39. The standard InChI is InChI=1S/C16H19F6NO2/c1-8(5-10(7-23)14(24)25)9(2)12-6-11(15(17,18)19)3-4-13(12)16(20,21)22/h3-4,6,8-10H,5,7,23H2,1-2H3,(H,24,25). The van der Waals surface area contributed by atoms with E-state index >= 15 is 0 Å². The van der Waals surface area contributed by atoms with E-state index < -0.39 is 52.8 Å². The first-order valence-electron chi connectivity index (χ1n) is 7.50. The van der Waals surface area contributed by atoms with E-state index in [1.54, 1.807) is 0 Å². The van der Waals surface area contributed by atoms with Gasteiger partial charge in [-0.2, -0.15) is 26.3 Å². The van der Waals surface area contributed by atoms with Crippen LogP contribution in [-0.4, -0.2) is 17.6 Å². The summed E-state index contributed by atoms with van der Waals surface area (Å²) in [6.07, 6.45) is -9.63. The van der Waals surface area contributed by atoms with E-state index in [-0.39, 0.29) is 13.0 Å². The number of carboxylic acid groups (broad SMARTS) is 1. The van der Waals surface area contributed by atoms with Gasteiger partial charge in [-0.15, -0.1) is 0 Å². The van der Waals surface area contributed by atoms with E-state index in [1.807, 2.05) is 0 Å². The largest absolute Gasteiger partial charge is 0.481 e. The zero-order chi connectivity index (χ0) is 19.6. The molecule has 0 heterocycles. The Labute approximate surface area is 140 Å². The molecule has 1 aromatic rings. The molecule has 3 nitrogen and oxygen atoms in total. The van der Waals surface area contributed by atoms with E-state index in [0.29, 0.717) is 18.2 Å². The first-order chi connectivity index (χ1) is 11.3. The Morgan fingerprint density at radius 2 is 1.68 bits per heavy atom. The van der Waals surface area contributed by atoms with E-state index in [1.165, 1.54) is 13.8 Å². The van der Waals surface area contributed by atoms with Gasteiger partial charge in [0.05, 0.1) is 17.0 Å². The lowest BCUT2D eigenvalue weighted by molar-refractivity contribution is -0.142. The molecule has 0 saturated carbocycles. The van der Waals surface area contributed by atoms with Gasteiger partial charge < -0.3 is 10.8 Å². The normalized spacial score (nSPS) is 16.4. The minimum Gasteiger partial charge on any atom is -0.481 e. The molecule has 0 fully saturated rings. The molecule has 0 aromatic heterocycles. The van der Waals surface area contributed by atoms with Crippen molar-refractivity contribution in [2.75, 3.05) is 6.54 Å². The van der Waals surface area contributed by atoms with Crippen LogP contribution in [0.25, 0.3) is 0 Å². The molecule has 3 N–H and O–H groups in total. The maximum atomic E-state index is 13.2. The van der Waals surface area contributed by atoms with E-state index in [0.717, 1.165) is 0 Å². The molecule has 1 aromatic carbocycles. The molecule has 0 amide bonds. The highest BCUT2D eigenvalue weighted by atomic mass is 19.4. The lowest BCUT2D eigenvalue weighted by Gasteiger charge is -2.26. The summed E-state index contributed by atoms with van der Waals surface area (Å²) in [6, 6.07) is 1.30. The molecule has 0 aliphatic heterocycles. The smallest absolute Gasteiger partial charge is 0.416 e. The number of halogens is 6. The summed E-state index contributed by atoms with van der Waals surface area (Å²) < 4.78 is 78.1. The van der Waals surface area contributed by atoms with E-state index in [4.69, 9.17) is 10.8 Å². The third kappa shape index (κ3) is 5.35. The van der Waals surface area contributed by atoms with Crippen molar-refractivity contribution in [2.24, 2.45) is 17.6 Å². The molecule has 0 spiro atoms. The van der Waals surface area contributed by atoms with Crippen molar-refractivity contribution in [3.8, 4) is 0 Å². The van der Waals surface area contributed by atoms with Crippen molar-refractivity contribution >= 4 is 5.97 Å². The number of aliphatic carboxylic acids is 1. The maximum absolute atomic E-state index is 13.2. The Morgan fingerprint density at radius 3 is 2.08 bits per heavy atom. The second-order valence-electron chi connectivity index (χ2n) is 6.07. The fourth-order valence-corrected chi connectivity index (χ4v) is 2.63. The molecular weight excluding hydrogens is 352 g/mol. The van der Waals surface area contributed by atoms with Crippen molar-refractivity contribution in [2.45, 2.75) is 38.5 Å². The SMILES string of the molecule is CC(CC(CN)C(=O)O)C(C)c1cc(C(F)(F)F)ccc1C(F)(F)F. The number of nitrogens with two attached hydrogens (primary N) is 1. The van der Waals surface area contributed by atoms with Gasteiger partial charge in [-0.1, -0.05) is 13.8 Å². The van der Waals surface area contributed by atoms with Gasteiger partial charge >= 0.3 is 18.3 Å². The summed E-state index contributed by atoms with van der Waals surface area (Å²) in [7, 11) is 0. The molecule has 142 valence electrons. The molecule has 0 radical (unpaired) electrons. The van der Waals surface area contributed by atoms with Crippen molar-refractivity contribution in [3.63, 3.8) is 0 Å². The van der Waals surface area contributed by atoms with Crippen LogP contribution in [0, 0.1) is 11.8 Å². The number of carbonyl (C=O) groups is 1. The molecule has 25 heavy (non-hydrogen) atoms. The zero-order valence-corrected chi connectivity index (χ0v) is 13.6. The van der Waals surface area contributed by atoms with Gasteiger partial charge in [-0.25, -0.2) is 0 Å². The van der Waals surface area contributed by atoms with E-state index in [9.17, 15) is 31.1 Å². The molecule has 3 atom stereocenters. The Hall–Kier alpha value is -1.77. The van der Waals surface area contributed by atoms with Crippen molar-refractivity contribution in [3.05, 3.63) is 34.9 Å². The van der Waals surface area contributed by atoms with Gasteiger partial charge in [-0.05, 0) is 42.0 Å². The lowest BCUT2D eigenvalue weighted by atomic mass is 9.80. The average Bonchev–Trinajstić information content (AvgIpc) is 2.48. The number of alkyl halides is 6. The van der Waals surface area contributed by atoms with Crippen LogP contribution in [0.4, 0.5) is 26.3 Å². The second kappa shape index (κ2) is 7.63. The monoisotopic (exact) mass is 371 g/mol. The van der Waals surface area contributed by atoms with Crippen LogP contribution in [0.2, 0.25) is 0 Å². The highest BCUT2D eigenvalue weighted by Crippen LogP contribution is 2.41. The molecule has 0 aliphatic carbocycles. The van der Waals surface area contributed by atoms with Crippen LogP contribution in [0.5, 0.6) is 0 Å².